The first-order chi connectivity index (χ1) is 10.2. The first-order valence-electron chi connectivity index (χ1n) is 7.67. The minimum Gasteiger partial charge on any atom is -0.486 e. The van der Waals surface area contributed by atoms with Gasteiger partial charge in [-0.3, -0.25) is 0 Å². The molecule has 0 atom stereocenters. The molecular formula is C17H22N2OS. The molecule has 1 aliphatic rings. The van der Waals surface area contributed by atoms with Crippen LogP contribution in [-0.2, 0) is 6.61 Å². The first-order valence-corrected chi connectivity index (χ1v) is 8.49. The molecule has 1 heterocycles. The van der Waals surface area contributed by atoms with Crippen molar-refractivity contribution >= 4 is 17.0 Å². The van der Waals surface area contributed by atoms with E-state index in [-0.39, 0.29) is 0 Å². The molecule has 3 nitrogen and oxygen atoms in total. The van der Waals surface area contributed by atoms with Gasteiger partial charge in [-0.15, -0.1) is 11.3 Å². The zero-order chi connectivity index (χ0) is 14.7. The van der Waals surface area contributed by atoms with Crippen molar-refractivity contribution in [3.8, 4) is 5.75 Å². The Morgan fingerprint density at radius 3 is 2.76 bits per heavy atom. The third-order valence-electron chi connectivity index (χ3n) is 4.14. The molecule has 0 aliphatic heterocycles. The molecule has 0 bridgehead atoms. The summed E-state index contributed by atoms with van der Waals surface area (Å²) in [4.78, 5) is 6.00. The fourth-order valence-corrected chi connectivity index (χ4v) is 4.01. The average Bonchev–Trinajstić information content (AvgIpc) is 2.89. The summed E-state index contributed by atoms with van der Waals surface area (Å²) in [5.74, 6) is 1.42. The predicted octanol–water partition coefficient (Wildman–Crippen LogP) is 4.66. The molecule has 1 saturated carbocycles. The standard InChI is InChI=1S/C17H22N2OS/c1-12-16(11-20-15-10-6-5-9-14(15)18)21-17(19-12)13-7-3-2-4-8-13/h5-6,9-10,13H,2-4,7-8,11,18H2,1H3. The molecule has 0 amide bonds. The topological polar surface area (TPSA) is 48.1 Å². The summed E-state index contributed by atoms with van der Waals surface area (Å²) in [5, 5.41) is 1.30. The van der Waals surface area contributed by atoms with Crippen LogP contribution in [0.25, 0.3) is 0 Å². The van der Waals surface area contributed by atoms with Crippen LogP contribution < -0.4 is 10.5 Å². The largest absolute Gasteiger partial charge is 0.486 e. The van der Waals surface area contributed by atoms with Gasteiger partial charge in [-0.25, -0.2) is 4.98 Å². The molecule has 0 unspecified atom stereocenters. The van der Waals surface area contributed by atoms with Gasteiger partial charge >= 0.3 is 0 Å². The molecule has 1 fully saturated rings. The number of para-hydroxylation sites is 2. The molecule has 1 aromatic carbocycles. The summed E-state index contributed by atoms with van der Waals surface area (Å²) in [7, 11) is 0. The second-order valence-corrected chi connectivity index (χ2v) is 6.84. The molecule has 21 heavy (non-hydrogen) atoms. The summed E-state index contributed by atoms with van der Waals surface area (Å²) in [6, 6.07) is 7.63. The van der Waals surface area contributed by atoms with E-state index in [0.717, 1.165) is 11.4 Å². The van der Waals surface area contributed by atoms with E-state index < -0.39 is 0 Å². The van der Waals surface area contributed by atoms with Crippen LogP contribution in [0.2, 0.25) is 0 Å². The monoisotopic (exact) mass is 302 g/mol. The second kappa shape index (κ2) is 6.48. The maximum Gasteiger partial charge on any atom is 0.142 e. The highest BCUT2D eigenvalue weighted by molar-refractivity contribution is 7.11. The lowest BCUT2D eigenvalue weighted by atomic mass is 9.90. The lowest BCUT2D eigenvalue weighted by molar-refractivity contribution is 0.310. The Morgan fingerprint density at radius 2 is 2.00 bits per heavy atom. The minimum atomic E-state index is 0.560. The molecular weight excluding hydrogens is 280 g/mol. The average molecular weight is 302 g/mol. The van der Waals surface area contributed by atoms with Crippen LogP contribution in [0.15, 0.2) is 24.3 Å². The van der Waals surface area contributed by atoms with Gasteiger partial charge in [0.1, 0.15) is 12.4 Å². The summed E-state index contributed by atoms with van der Waals surface area (Å²) in [6.07, 6.45) is 6.65. The van der Waals surface area contributed by atoms with Crippen molar-refractivity contribution in [2.45, 2.75) is 51.6 Å². The maximum atomic E-state index is 5.91. The number of aromatic nitrogens is 1. The van der Waals surface area contributed by atoms with Crippen LogP contribution in [0.3, 0.4) is 0 Å². The summed E-state index contributed by atoms with van der Waals surface area (Å²) in [6.45, 7) is 2.64. The minimum absolute atomic E-state index is 0.560. The van der Waals surface area contributed by atoms with Crippen LogP contribution >= 0.6 is 11.3 Å². The molecule has 112 valence electrons. The molecule has 0 radical (unpaired) electrons. The number of aryl methyl sites for hydroxylation is 1. The van der Waals surface area contributed by atoms with Gasteiger partial charge in [0.05, 0.1) is 21.3 Å². The fraction of sp³-hybridized carbons (Fsp3) is 0.471. The van der Waals surface area contributed by atoms with Crippen molar-refractivity contribution in [1.29, 1.82) is 0 Å². The number of ether oxygens (including phenoxy) is 1. The van der Waals surface area contributed by atoms with E-state index in [4.69, 9.17) is 15.5 Å². The van der Waals surface area contributed by atoms with E-state index in [1.54, 1.807) is 0 Å². The van der Waals surface area contributed by atoms with Gasteiger partial charge < -0.3 is 10.5 Å². The van der Waals surface area contributed by atoms with E-state index >= 15 is 0 Å². The molecule has 3 rings (SSSR count). The van der Waals surface area contributed by atoms with Crippen molar-refractivity contribution in [1.82, 2.24) is 4.98 Å². The van der Waals surface area contributed by atoms with Crippen molar-refractivity contribution in [3.05, 3.63) is 39.8 Å². The lowest BCUT2D eigenvalue weighted by Gasteiger charge is -2.18. The third kappa shape index (κ3) is 3.38. The zero-order valence-corrected chi connectivity index (χ0v) is 13.3. The Balaban J connectivity index is 1.68. The lowest BCUT2D eigenvalue weighted by Crippen LogP contribution is -2.03. The molecule has 0 saturated heterocycles. The highest BCUT2D eigenvalue weighted by atomic mass is 32.1. The Kier molecular flexibility index (Phi) is 4.44. The first kappa shape index (κ1) is 14.4. The van der Waals surface area contributed by atoms with E-state index in [2.05, 4.69) is 6.92 Å². The van der Waals surface area contributed by atoms with E-state index in [0.29, 0.717) is 18.2 Å². The fourth-order valence-electron chi connectivity index (χ4n) is 2.86. The number of hydrogen-bond acceptors (Lipinski definition) is 4. The van der Waals surface area contributed by atoms with Crippen molar-refractivity contribution < 1.29 is 4.74 Å². The van der Waals surface area contributed by atoms with Gasteiger partial charge in [0, 0.05) is 5.92 Å². The van der Waals surface area contributed by atoms with E-state index in [1.165, 1.54) is 42.0 Å². The number of anilines is 1. The molecule has 4 heteroatoms. The Hall–Kier alpha value is -1.55. The molecule has 0 spiro atoms. The summed E-state index contributed by atoms with van der Waals surface area (Å²) in [5.41, 5.74) is 7.70. The van der Waals surface area contributed by atoms with E-state index in [9.17, 15) is 0 Å². The maximum absolute atomic E-state index is 5.91. The number of benzene rings is 1. The molecule has 2 aromatic rings. The number of nitrogens with two attached hydrogens (primary N) is 1. The number of nitrogens with zero attached hydrogens (tertiary/aromatic N) is 1. The van der Waals surface area contributed by atoms with Gasteiger partial charge in [0.2, 0.25) is 0 Å². The SMILES string of the molecule is Cc1nc(C2CCCCC2)sc1COc1ccccc1N. The molecule has 1 aromatic heterocycles. The quantitative estimate of drug-likeness (QED) is 0.836. The number of thiazole rings is 1. The highest BCUT2D eigenvalue weighted by Gasteiger charge is 2.20. The van der Waals surface area contributed by atoms with Gasteiger partial charge in [-0.1, -0.05) is 31.4 Å². The Labute approximate surface area is 130 Å². The zero-order valence-electron chi connectivity index (χ0n) is 12.5. The van der Waals surface area contributed by atoms with E-state index in [1.807, 2.05) is 35.6 Å². The van der Waals surface area contributed by atoms with Gasteiger partial charge in [0.25, 0.3) is 0 Å². The Morgan fingerprint density at radius 1 is 1.24 bits per heavy atom. The molecule has 1 aliphatic carbocycles. The van der Waals surface area contributed by atoms with Gasteiger partial charge in [-0.05, 0) is 31.9 Å². The number of nitrogen functional groups attached to an aromatic ring is 1. The number of hydrogen-bond donors (Lipinski definition) is 1. The van der Waals surface area contributed by atoms with Crippen LogP contribution in [0.1, 0.15) is 53.6 Å². The summed E-state index contributed by atoms with van der Waals surface area (Å²) >= 11 is 1.81. The second-order valence-electron chi connectivity index (χ2n) is 5.72. The van der Waals surface area contributed by atoms with Gasteiger partial charge in [-0.2, -0.15) is 0 Å². The highest BCUT2D eigenvalue weighted by Crippen LogP contribution is 2.36. The summed E-state index contributed by atoms with van der Waals surface area (Å²) < 4.78 is 5.85. The van der Waals surface area contributed by atoms with Crippen LogP contribution in [0.5, 0.6) is 5.75 Å². The smallest absolute Gasteiger partial charge is 0.142 e. The van der Waals surface area contributed by atoms with Crippen LogP contribution in [0, 0.1) is 6.92 Å². The Bertz CT molecular complexity index is 603. The number of rotatable bonds is 4. The van der Waals surface area contributed by atoms with Crippen LogP contribution in [-0.4, -0.2) is 4.98 Å². The predicted molar refractivity (Wildman–Crippen MR) is 87.9 cm³/mol. The molecule has 2 N–H and O–H groups in total. The van der Waals surface area contributed by atoms with Gasteiger partial charge in [0.15, 0.2) is 0 Å². The van der Waals surface area contributed by atoms with Crippen LogP contribution in [0.4, 0.5) is 5.69 Å². The van der Waals surface area contributed by atoms with Crippen molar-refractivity contribution in [3.63, 3.8) is 0 Å². The van der Waals surface area contributed by atoms with Crippen molar-refractivity contribution in [2.75, 3.05) is 5.73 Å². The van der Waals surface area contributed by atoms with Crippen molar-refractivity contribution in [2.24, 2.45) is 0 Å². The third-order valence-corrected chi connectivity index (χ3v) is 5.43. The normalized spacial score (nSPS) is 16.0.